The molecule has 1 aliphatic rings. The van der Waals surface area contributed by atoms with E-state index in [1.807, 2.05) is 37.3 Å². The lowest BCUT2D eigenvalue weighted by molar-refractivity contribution is -0.142. The van der Waals surface area contributed by atoms with Crippen LogP contribution in [-0.4, -0.2) is 26.3 Å². The van der Waals surface area contributed by atoms with Crippen LogP contribution in [0.3, 0.4) is 0 Å². The van der Waals surface area contributed by atoms with Gasteiger partial charge in [-0.3, -0.25) is 0 Å². The van der Waals surface area contributed by atoms with E-state index in [1.165, 1.54) is 6.08 Å². The molecule has 0 saturated heterocycles. The predicted octanol–water partition coefficient (Wildman–Crippen LogP) is 3.78. The summed E-state index contributed by atoms with van der Waals surface area (Å²) >= 11 is 0. The topological polar surface area (TPSA) is 54.0 Å². The normalized spacial score (nSPS) is 14.2. The fraction of sp³-hybridized carbons (Fsp3) is 0.250. The Balaban J connectivity index is 1.70. The Morgan fingerprint density at radius 1 is 1.16 bits per heavy atom. The van der Waals surface area contributed by atoms with Crippen LogP contribution in [0.2, 0.25) is 0 Å². The molecule has 0 aliphatic carbocycles. The standard InChI is InChI=1S/C20H20O5/c1-14(16-6-4-3-5-7-16)25-19(21)9-8-15-12-17(22-2)20-18(13-15)23-10-11-24-20/h3-9,12-14H,10-11H2,1-2H3/b9-8+/t14-/m0/s1. The van der Waals surface area contributed by atoms with Crippen LogP contribution in [0.1, 0.15) is 24.2 Å². The third-order valence-electron chi connectivity index (χ3n) is 3.82. The fourth-order valence-electron chi connectivity index (χ4n) is 2.56. The minimum atomic E-state index is -0.412. The zero-order chi connectivity index (χ0) is 17.6. The molecule has 0 unspecified atom stereocenters. The first kappa shape index (κ1) is 16.9. The van der Waals surface area contributed by atoms with E-state index in [-0.39, 0.29) is 6.10 Å². The second-order valence-corrected chi connectivity index (χ2v) is 5.57. The van der Waals surface area contributed by atoms with E-state index in [1.54, 1.807) is 25.3 Å². The number of ether oxygens (including phenoxy) is 4. The van der Waals surface area contributed by atoms with Gasteiger partial charge in [-0.1, -0.05) is 30.3 Å². The SMILES string of the molecule is COc1cc(/C=C/C(=O)O[C@@H](C)c2ccccc2)cc2c1OCCO2. The first-order valence-electron chi connectivity index (χ1n) is 8.08. The summed E-state index contributed by atoms with van der Waals surface area (Å²) in [6, 6.07) is 13.2. The van der Waals surface area contributed by atoms with Crippen molar-refractivity contribution in [2.24, 2.45) is 0 Å². The minimum absolute atomic E-state index is 0.312. The van der Waals surface area contributed by atoms with Gasteiger partial charge in [-0.2, -0.15) is 0 Å². The molecule has 3 rings (SSSR count). The average molecular weight is 340 g/mol. The number of hydrogen-bond acceptors (Lipinski definition) is 5. The van der Waals surface area contributed by atoms with Crippen molar-refractivity contribution in [2.75, 3.05) is 20.3 Å². The predicted molar refractivity (Wildman–Crippen MR) is 94.0 cm³/mol. The van der Waals surface area contributed by atoms with Gasteiger partial charge in [0.2, 0.25) is 5.75 Å². The minimum Gasteiger partial charge on any atom is -0.493 e. The molecule has 0 spiro atoms. The number of esters is 1. The van der Waals surface area contributed by atoms with Crippen molar-refractivity contribution in [1.82, 2.24) is 0 Å². The average Bonchev–Trinajstić information content (AvgIpc) is 2.66. The van der Waals surface area contributed by atoms with E-state index in [2.05, 4.69) is 0 Å². The summed E-state index contributed by atoms with van der Waals surface area (Å²) < 4.78 is 21.9. The molecule has 5 nitrogen and oxygen atoms in total. The molecular formula is C20H20O5. The van der Waals surface area contributed by atoms with Crippen LogP contribution < -0.4 is 14.2 Å². The zero-order valence-corrected chi connectivity index (χ0v) is 14.2. The highest BCUT2D eigenvalue weighted by Crippen LogP contribution is 2.40. The summed E-state index contributed by atoms with van der Waals surface area (Å²) in [7, 11) is 1.57. The van der Waals surface area contributed by atoms with Gasteiger partial charge in [0, 0.05) is 6.08 Å². The van der Waals surface area contributed by atoms with Crippen LogP contribution in [0.5, 0.6) is 17.2 Å². The summed E-state index contributed by atoms with van der Waals surface area (Å²) in [5, 5.41) is 0. The fourth-order valence-corrected chi connectivity index (χ4v) is 2.56. The number of rotatable bonds is 5. The van der Waals surface area contributed by atoms with E-state index >= 15 is 0 Å². The van der Waals surface area contributed by atoms with Crippen molar-refractivity contribution in [3.05, 3.63) is 59.7 Å². The van der Waals surface area contributed by atoms with E-state index < -0.39 is 5.97 Å². The molecule has 0 fully saturated rings. The van der Waals surface area contributed by atoms with Crippen LogP contribution >= 0.6 is 0 Å². The van der Waals surface area contributed by atoms with Crippen LogP contribution in [0, 0.1) is 0 Å². The number of methoxy groups -OCH3 is 1. The Morgan fingerprint density at radius 2 is 1.92 bits per heavy atom. The molecule has 0 N–H and O–H groups in total. The van der Waals surface area contributed by atoms with Gasteiger partial charge in [-0.25, -0.2) is 4.79 Å². The van der Waals surface area contributed by atoms with Crippen LogP contribution in [-0.2, 0) is 9.53 Å². The van der Waals surface area contributed by atoms with Crippen LogP contribution in [0.15, 0.2) is 48.5 Å². The first-order valence-corrected chi connectivity index (χ1v) is 8.08. The van der Waals surface area contributed by atoms with Gasteiger partial charge < -0.3 is 18.9 Å². The van der Waals surface area contributed by atoms with Gasteiger partial charge in [0.1, 0.15) is 19.3 Å². The smallest absolute Gasteiger partial charge is 0.331 e. The van der Waals surface area contributed by atoms with Crippen molar-refractivity contribution in [3.63, 3.8) is 0 Å². The molecule has 0 bridgehead atoms. The highest BCUT2D eigenvalue weighted by Gasteiger charge is 2.18. The lowest BCUT2D eigenvalue weighted by Gasteiger charge is -2.20. The molecule has 1 atom stereocenters. The third kappa shape index (κ3) is 4.12. The summed E-state index contributed by atoms with van der Waals surface area (Å²) in [6.07, 6.45) is 2.75. The highest BCUT2D eigenvalue weighted by atomic mass is 16.6. The number of carbonyl (C=O) groups excluding carboxylic acids is 1. The summed E-state index contributed by atoms with van der Waals surface area (Å²) in [6.45, 7) is 2.82. The van der Waals surface area contributed by atoms with E-state index in [0.717, 1.165) is 11.1 Å². The summed E-state index contributed by atoms with van der Waals surface area (Å²) in [5.74, 6) is 1.36. The number of carbonyl (C=O) groups is 1. The lowest BCUT2D eigenvalue weighted by Crippen LogP contribution is -2.16. The number of hydrogen-bond donors (Lipinski definition) is 0. The van der Waals surface area contributed by atoms with Gasteiger partial charge in [0.25, 0.3) is 0 Å². The highest BCUT2D eigenvalue weighted by molar-refractivity contribution is 5.87. The molecule has 25 heavy (non-hydrogen) atoms. The molecule has 2 aromatic carbocycles. The Hall–Kier alpha value is -2.95. The molecule has 130 valence electrons. The quantitative estimate of drug-likeness (QED) is 0.612. The molecule has 2 aromatic rings. The van der Waals surface area contributed by atoms with E-state index in [4.69, 9.17) is 18.9 Å². The molecule has 0 radical (unpaired) electrons. The van der Waals surface area contributed by atoms with Crippen LogP contribution in [0.4, 0.5) is 0 Å². The molecule has 5 heteroatoms. The van der Waals surface area contributed by atoms with Gasteiger partial charge in [-0.15, -0.1) is 0 Å². The van der Waals surface area contributed by atoms with Crippen molar-refractivity contribution in [3.8, 4) is 17.2 Å². The maximum atomic E-state index is 12.0. The Labute approximate surface area is 146 Å². The summed E-state index contributed by atoms with van der Waals surface area (Å²) in [4.78, 5) is 12.0. The van der Waals surface area contributed by atoms with Crippen LogP contribution in [0.25, 0.3) is 6.08 Å². The Kier molecular flexibility index (Phi) is 5.23. The van der Waals surface area contributed by atoms with Gasteiger partial charge in [-0.05, 0) is 36.3 Å². The van der Waals surface area contributed by atoms with E-state index in [9.17, 15) is 4.79 Å². The number of benzene rings is 2. The Morgan fingerprint density at radius 3 is 2.68 bits per heavy atom. The summed E-state index contributed by atoms with van der Waals surface area (Å²) in [5.41, 5.74) is 1.72. The molecular weight excluding hydrogens is 320 g/mol. The largest absolute Gasteiger partial charge is 0.493 e. The molecule has 0 saturated carbocycles. The maximum Gasteiger partial charge on any atom is 0.331 e. The van der Waals surface area contributed by atoms with Crippen molar-refractivity contribution >= 4 is 12.0 Å². The van der Waals surface area contributed by atoms with Crippen molar-refractivity contribution in [2.45, 2.75) is 13.0 Å². The van der Waals surface area contributed by atoms with Gasteiger partial charge in [0.05, 0.1) is 7.11 Å². The van der Waals surface area contributed by atoms with Gasteiger partial charge >= 0.3 is 5.97 Å². The van der Waals surface area contributed by atoms with Gasteiger partial charge in [0.15, 0.2) is 11.5 Å². The molecule has 1 heterocycles. The monoisotopic (exact) mass is 340 g/mol. The molecule has 1 aliphatic heterocycles. The third-order valence-corrected chi connectivity index (χ3v) is 3.82. The first-order chi connectivity index (χ1) is 12.2. The zero-order valence-electron chi connectivity index (χ0n) is 14.2. The molecule has 0 amide bonds. The maximum absolute atomic E-state index is 12.0. The molecule has 0 aromatic heterocycles. The van der Waals surface area contributed by atoms with Crippen molar-refractivity contribution < 1.29 is 23.7 Å². The second kappa shape index (κ2) is 7.75. The lowest BCUT2D eigenvalue weighted by atomic mass is 10.1. The second-order valence-electron chi connectivity index (χ2n) is 5.57. The van der Waals surface area contributed by atoms with Crippen molar-refractivity contribution in [1.29, 1.82) is 0 Å². The van der Waals surface area contributed by atoms with E-state index in [0.29, 0.717) is 30.5 Å². The number of fused-ring (bicyclic) bond motifs is 1. The Bertz CT molecular complexity index is 750.